The molecule has 5 heteroatoms. The SMILES string of the molecule is CCc1ccc(C(=O)C2C(SC)=CC3=C(C(=O)O)CCN32)cc1. The van der Waals surface area contributed by atoms with E-state index in [0.29, 0.717) is 29.8 Å². The molecule has 2 aliphatic rings. The van der Waals surface area contributed by atoms with Crippen molar-refractivity contribution in [2.45, 2.75) is 25.8 Å². The maximum atomic E-state index is 13.0. The molecule has 4 nitrogen and oxygen atoms in total. The number of carbonyl (C=O) groups is 2. The minimum Gasteiger partial charge on any atom is -0.478 e. The molecule has 1 aromatic carbocycles. The zero-order valence-corrected chi connectivity index (χ0v) is 14.0. The molecule has 3 rings (SSSR count). The highest BCUT2D eigenvalue weighted by atomic mass is 32.2. The predicted octanol–water partition coefficient (Wildman–Crippen LogP) is 3.11. The van der Waals surface area contributed by atoms with Gasteiger partial charge < -0.3 is 10.0 Å². The number of carbonyl (C=O) groups excluding carboxylic acids is 1. The number of benzene rings is 1. The highest BCUT2D eigenvalue weighted by Gasteiger charge is 2.41. The average Bonchev–Trinajstić information content (AvgIpc) is 3.12. The monoisotopic (exact) mass is 329 g/mol. The van der Waals surface area contributed by atoms with Gasteiger partial charge in [-0.1, -0.05) is 31.2 Å². The first-order chi connectivity index (χ1) is 11.1. The van der Waals surface area contributed by atoms with E-state index in [1.807, 2.05) is 41.5 Å². The van der Waals surface area contributed by atoms with E-state index in [2.05, 4.69) is 6.92 Å². The summed E-state index contributed by atoms with van der Waals surface area (Å²) in [5.41, 5.74) is 2.99. The van der Waals surface area contributed by atoms with Gasteiger partial charge in [0, 0.05) is 22.7 Å². The summed E-state index contributed by atoms with van der Waals surface area (Å²) in [6, 6.07) is 7.32. The van der Waals surface area contributed by atoms with E-state index in [-0.39, 0.29) is 11.8 Å². The van der Waals surface area contributed by atoms with Crippen molar-refractivity contribution in [2.24, 2.45) is 0 Å². The Morgan fingerprint density at radius 3 is 2.57 bits per heavy atom. The van der Waals surface area contributed by atoms with Crippen LogP contribution in [0.5, 0.6) is 0 Å². The normalized spacial score (nSPS) is 19.8. The van der Waals surface area contributed by atoms with Gasteiger partial charge in [0.25, 0.3) is 0 Å². The third-order valence-electron chi connectivity index (χ3n) is 4.47. The highest BCUT2D eigenvalue weighted by molar-refractivity contribution is 8.02. The number of carboxylic acids is 1. The van der Waals surface area contributed by atoms with Crippen molar-refractivity contribution in [3.63, 3.8) is 0 Å². The summed E-state index contributed by atoms with van der Waals surface area (Å²) in [5, 5.41) is 9.31. The number of carboxylic acid groups (broad SMARTS) is 1. The standard InChI is InChI=1S/C18H19NO3S/c1-3-11-4-6-12(7-5-11)17(20)16-15(23-2)10-14-13(18(21)22)8-9-19(14)16/h4-7,10,16H,3,8-9H2,1-2H3,(H,21,22). The summed E-state index contributed by atoms with van der Waals surface area (Å²) in [6.07, 6.45) is 5.22. The molecule has 0 aliphatic carbocycles. The third kappa shape index (κ3) is 2.70. The van der Waals surface area contributed by atoms with Crippen LogP contribution in [0.25, 0.3) is 0 Å². The molecular weight excluding hydrogens is 310 g/mol. The topological polar surface area (TPSA) is 57.6 Å². The average molecular weight is 329 g/mol. The van der Waals surface area contributed by atoms with E-state index in [4.69, 9.17) is 0 Å². The Bertz CT molecular complexity index is 718. The van der Waals surface area contributed by atoms with Gasteiger partial charge in [-0.05, 0) is 30.7 Å². The second-order valence-corrected chi connectivity index (χ2v) is 6.56. The van der Waals surface area contributed by atoms with Crippen LogP contribution in [-0.2, 0) is 11.2 Å². The number of allylic oxidation sites excluding steroid dienone is 1. The Hall–Kier alpha value is -2.01. The minimum atomic E-state index is -0.889. The number of aliphatic carboxylic acids is 1. The fourth-order valence-corrected chi connectivity index (χ4v) is 3.87. The number of hydrogen-bond acceptors (Lipinski definition) is 4. The van der Waals surface area contributed by atoms with Gasteiger partial charge in [-0.3, -0.25) is 4.79 Å². The number of fused-ring (bicyclic) bond motifs is 1. The van der Waals surface area contributed by atoms with Gasteiger partial charge in [0.2, 0.25) is 0 Å². The first kappa shape index (κ1) is 15.9. The predicted molar refractivity (Wildman–Crippen MR) is 91.5 cm³/mol. The van der Waals surface area contributed by atoms with Gasteiger partial charge in [-0.2, -0.15) is 0 Å². The Balaban J connectivity index is 1.94. The molecule has 0 amide bonds. The number of aryl methyl sites for hydroxylation is 1. The molecule has 23 heavy (non-hydrogen) atoms. The van der Waals surface area contributed by atoms with Gasteiger partial charge in [-0.25, -0.2) is 4.79 Å². The van der Waals surface area contributed by atoms with E-state index in [1.54, 1.807) is 0 Å². The van der Waals surface area contributed by atoms with Gasteiger partial charge >= 0.3 is 5.97 Å². The lowest BCUT2D eigenvalue weighted by atomic mass is 10.0. The summed E-state index contributed by atoms with van der Waals surface area (Å²) in [6.45, 7) is 2.66. The Morgan fingerprint density at radius 1 is 1.30 bits per heavy atom. The van der Waals surface area contributed by atoms with Crippen LogP contribution in [0.15, 0.2) is 46.5 Å². The van der Waals surface area contributed by atoms with Crippen LogP contribution in [0.2, 0.25) is 0 Å². The summed E-state index contributed by atoms with van der Waals surface area (Å²) < 4.78 is 0. The molecule has 1 unspecified atom stereocenters. The van der Waals surface area contributed by atoms with Crippen LogP contribution in [0, 0.1) is 0 Å². The van der Waals surface area contributed by atoms with Crippen LogP contribution >= 0.6 is 11.8 Å². The van der Waals surface area contributed by atoms with Gasteiger partial charge in [0.15, 0.2) is 5.78 Å². The zero-order chi connectivity index (χ0) is 16.6. The molecule has 0 saturated carbocycles. The fraction of sp³-hybridized carbons (Fsp3) is 0.333. The molecule has 0 spiro atoms. The molecule has 120 valence electrons. The summed E-state index contributed by atoms with van der Waals surface area (Å²) in [5.74, 6) is -0.852. The largest absolute Gasteiger partial charge is 0.478 e. The Morgan fingerprint density at radius 2 is 2.00 bits per heavy atom. The van der Waals surface area contributed by atoms with E-state index in [0.717, 1.165) is 11.3 Å². The first-order valence-electron chi connectivity index (χ1n) is 7.68. The summed E-state index contributed by atoms with van der Waals surface area (Å²) in [4.78, 5) is 27.2. The maximum Gasteiger partial charge on any atom is 0.333 e. The van der Waals surface area contributed by atoms with Crippen LogP contribution in [0.3, 0.4) is 0 Å². The number of thioether (sulfide) groups is 1. The zero-order valence-electron chi connectivity index (χ0n) is 13.2. The van der Waals surface area contributed by atoms with Crippen LogP contribution in [-0.4, -0.2) is 40.6 Å². The number of ketones is 1. The molecule has 2 heterocycles. The second kappa shape index (κ2) is 6.24. The van der Waals surface area contributed by atoms with Crippen molar-refractivity contribution in [2.75, 3.05) is 12.8 Å². The summed E-state index contributed by atoms with van der Waals surface area (Å²) in [7, 11) is 0. The van der Waals surface area contributed by atoms with Crippen molar-refractivity contribution in [1.82, 2.24) is 4.90 Å². The first-order valence-corrected chi connectivity index (χ1v) is 8.91. The van der Waals surface area contributed by atoms with Crippen molar-refractivity contribution < 1.29 is 14.7 Å². The molecule has 1 aromatic rings. The molecule has 1 atom stereocenters. The second-order valence-electron chi connectivity index (χ2n) is 5.68. The Labute approximate surface area is 139 Å². The van der Waals surface area contributed by atoms with Crippen molar-refractivity contribution >= 4 is 23.5 Å². The van der Waals surface area contributed by atoms with Crippen LogP contribution < -0.4 is 0 Å². The quantitative estimate of drug-likeness (QED) is 0.841. The number of Topliss-reactive ketones (excluding diaryl/α,β-unsaturated/α-hetero) is 1. The van der Waals surface area contributed by atoms with Crippen LogP contribution in [0.4, 0.5) is 0 Å². The molecule has 2 aliphatic heterocycles. The summed E-state index contributed by atoms with van der Waals surface area (Å²) >= 11 is 1.51. The highest BCUT2D eigenvalue weighted by Crippen LogP contribution is 2.40. The van der Waals surface area contributed by atoms with E-state index in [1.165, 1.54) is 17.3 Å². The number of nitrogens with zero attached hydrogens (tertiary/aromatic N) is 1. The van der Waals surface area contributed by atoms with E-state index in [9.17, 15) is 14.7 Å². The van der Waals surface area contributed by atoms with Crippen molar-refractivity contribution in [1.29, 1.82) is 0 Å². The smallest absolute Gasteiger partial charge is 0.333 e. The molecular formula is C18H19NO3S. The van der Waals surface area contributed by atoms with Gasteiger partial charge in [-0.15, -0.1) is 11.8 Å². The number of rotatable bonds is 5. The van der Waals surface area contributed by atoms with E-state index < -0.39 is 5.97 Å². The molecule has 0 bridgehead atoms. The lowest BCUT2D eigenvalue weighted by molar-refractivity contribution is -0.132. The third-order valence-corrected chi connectivity index (χ3v) is 5.28. The molecule has 0 saturated heterocycles. The molecule has 0 fully saturated rings. The minimum absolute atomic E-state index is 0.0369. The molecule has 0 aromatic heterocycles. The lowest BCUT2D eigenvalue weighted by Crippen LogP contribution is -2.36. The van der Waals surface area contributed by atoms with Crippen molar-refractivity contribution in [3.05, 3.63) is 57.6 Å². The van der Waals surface area contributed by atoms with Crippen molar-refractivity contribution in [3.8, 4) is 0 Å². The van der Waals surface area contributed by atoms with Gasteiger partial charge in [0.1, 0.15) is 6.04 Å². The number of hydrogen-bond donors (Lipinski definition) is 1. The fourth-order valence-electron chi connectivity index (χ4n) is 3.18. The lowest BCUT2D eigenvalue weighted by Gasteiger charge is -2.25. The van der Waals surface area contributed by atoms with Crippen LogP contribution in [0.1, 0.15) is 29.3 Å². The van der Waals surface area contributed by atoms with Gasteiger partial charge in [0.05, 0.1) is 5.57 Å². The Kier molecular flexibility index (Phi) is 4.31. The molecule has 1 N–H and O–H groups in total. The van der Waals surface area contributed by atoms with E-state index >= 15 is 0 Å². The maximum absolute atomic E-state index is 13.0. The molecule has 0 radical (unpaired) electrons.